The van der Waals surface area contributed by atoms with E-state index < -0.39 is 0 Å². The number of nitrogens with zero attached hydrogens (tertiary/aromatic N) is 3. The molecular formula is C48H31N3. The molecule has 0 saturated carbocycles. The minimum atomic E-state index is 1.16. The molecule has 0 radical (unpaired) electrons. The number of para-hydroxylation sites is 5. The second-order valence-electron chi connectivity index (χ2n) is 13.4. The van der Waals surface area contributed by atoms with E-state index in [2.05, 4.69) is 202 Å². The Balaban J connectivity index is 1.13. The summed E-state index contributed by atoms with van der Waals surface area (Å²) in [6.07, 6.45) is 0. The Morgan fingerprint density at radius 3 is 1.10 bits per heavy atom. The van der Waals surface area contributed by atoms with Gasteiger partial charge in [-0.15, -0.1) is 0 Å². The van der Waals surface area contributed by atoms with Gasteiger partial charge in [0.05, 0.1) is 33.1 Å². The second-order valence-corrected chi connectivity index (χ2v) is 13.4. The summed E-state index contributed by atoms with van der Waals surface area (Å²) in [7, 11) is 0. The van der Waals surface area contributed by atoms with E-state index >= 15 is 0 Å². The number of hydrogen-bond donors (Lipinski definition) is 0. The smallest absolute Gasteiger partial charge is 0.0548 e. The molecule has 11 rings (SSSR count). The summed E-state index contributed by atoms with van der Waals surface area (Å²) in [5, 5.41) is 7.55. The van der Waals surface area contributed by atoms with Gasteiger partial charge >= 0.3 is 0 Å². The van der Waals surface area contributed by atoms with Gasteiger partial charge in [0.2, 0.25) is 0 Å². The first-order chi connectivity index (χ1) is 25.3. The van der Waals surface area contributed by atoms with Crippen LogP contribution in [0.1, 0.15) is 0 Å². The average molecular weight is 650 g/mol. The number of rotatable bonds is 4. The lowest BCUT2D eigenvalue weighted by molar-refractivity contribution is 1.17. The van der Waals surface area contributed by atoms with Gasteiger partial charge in [-0.05, 0) is 83.9 Å². The van der Waals surface area contributed by atoms with E-state index in [9.17, 15) is 0 Å². The maximum atomic E-state index is 2.44. The molecule has 0 spiro atoms. The first-order valence-electron chi connectivity index (χ1n) is 17.5. The highest BCUT2D eigenvalue weighted by Gasteiger charge is 2.19. The Morgan fingerprint density at radius 2 is 0.569 bits per heavy atom. The molecule has 3 nitrogen and oxygen atoms in total. The Morgan fingerprint density at radius 1 is 0.216 bits per heavy atom. The molecule has 0 unspecified atom stereocenters. The summed E-state index contributed by atoms with van der Waals surface area (Å²) in [5.74, 6) is 0. The van der Waals surface area contributed by atoms with Crippen molar-refractivity contribution >= 4 is 65.4 Å². The van der Waals surface area contributed by atoms with E-state index in [1.165, 1.54) is 82.2 Å². The molecule has 0 aliphatic carbocycles. The molecule has 3 heterocycles. The highest BCUT2D eigenvalue weighted by Crippen LogP contribution is 2.41. The predicted octanol–water partition coefficient (Wildman–Crippen LogP) is 12.6. The molecule has 11 aromatic rings. The van der Waals surface area contributed by atoms with Crippen LogP contribution in [0, 0.1) is 0 Å². The van der Waals surface area contributed by atoms with Crippen LogP contribution in [-0.2, 0) is 0 Å². The van der Waals surface area contributed by atoms with Gasteiger partial charge in [-0.3, -0.25) is 0 Å². The highest BCUT2D eigenvalue weighted by molar-refractivity contribution is 6.19. The normalized spacial score (nSPS) is 11.9. The fraction of sp³-hybridized carbons (Fsp3) is 0. The standard InChI is InChI=1S/C48H31N3/c1-3-13-34(14-4-1)50-45-22-12-9-19-39(45)41-30-48-42(31-47(41)50)40-28-25-33(29-46(40)51(48)35-15-5-2-6-16-35)32-23-26-36(27-24-32)49-43-20-10-7-17-37(43)38-18-8-11-21-44(38)49/h1-31H. The molecule has 0 aliphatic rings. The van der Waals surface area contributed by atoms with Crippen molar-refractivity contribution in [2.45, 2.75) is 0 Å². The molecule has 238 valence electrons. The van der Waals surface area contributed by atoms with Gasteiger partial charge in [0, 0.05) is 49.4 Å². The van der Waals surface area contributed by atoms with Gasteiger partial charge in [-0.1, -0.05) is 115 Å². The summed E-state index contributed by atoms with van der Waals surface area (Å²) < 4.78 is 7.22. The molecule has 0 atom stereocenters. The quantitative estimate of drug-likeness (QED) is 0.180. The summed E-state index contributed by atoms with van der Waals surface area (Å²) in [6, 6.07) is 68.4. The number of fused-ring (bicyclic) bond motifs is 9. The number of aromatic nitrogens is 3. The zero-order valence-corrected chi connectivity index (χ0v) is 27.7. The van der Waals surface area contributed by atoms with Crippen molar-refractivity contribution in [3.63, 3.8) is 0 Å². The van der Waals surface area contributed by atoms with Crippen LogP contribution in [0.5, 0.6) is 0 Å². The van der Waals surface area contributed by atoms with Gasteiger partial charge in [-0.2, -0.15) is 0 Å². The van der Waals surface area contributed by atoms with E-state index in [4.69, 9.17) is 0 Å². The lowest BCUT2D eigenvalue weighted by Gasteiger charge is -2.11. The van der Waals surface area contributed by atoms with E-state index in [0.717, 1.165) is 11.4 Å². The minimum Gasteiger partial charge on any atom is -0.309 e. The van der Waals surface area contributed by atoms with Crippen LogP contribution >= 0.6 is 0 Å². The zero-order valence-electron chi connectivity index (χ0n) is 27.7. The lowest BCUT2D eigenvalue weighted by Crippen LogP contribution is -1.95. The Bertz CT molecular complexity index is 3050. The first-order valence-corrected chi connectivity index (χ1v) is 17.5. The van der Waals surface area contributed by atoms with Crippen molar-refractivity contribution in [2.75, 3.05) is 0 Å². The molecular weight excluding hydrogens is 619 g/mol. The van der Waals surface area contributed by atoms with Gasteiger partial charge in [0.1, 0.15) is 0 Å². The minimum absolute atomic E-state index is 1.16. The summed E-state index contributed by atoms with van der Waals surface area (Å²) >= 11 is 0. The van der Waals surface area contributed by atoms with E-state index in [1.807, 2.05) is 0 Å². The van der Waals surface area contributed by atoms with Crippen LogP contribution < -0.4 is 0 Å². The molecule has 0 amide bonds. The Hall–Kier alpha value is -6.84. The summed E-state index contributed by atoms with van der Waals surface area (Å²) in [4.78, 5) is 0. The van der Waals surface area contributed by atoms with Crippen LogP contribution in [-0.4, -0.2) is 13.7 Å². The maximum Gasteiger partial charge on any atom is 0.0548 e. The molecule has 0 saturated heterocycles. The van der Waals surface area contributed by atoms with E-state index in [1.54, 1.807) is 0 Å². The van der Waals surface area contributed by atoms with Crippen molar-refractivity contribution in [1.29, 1.82) is 0 Å². The number of hydrogen-bond acceptors (Lipinski definition) is 0. The van der Waals surface area contributed by atoms with Gasteiger partial charge < -0.3 is 13.7 Å². The predicted molar refractivity (Wildman–Crippen MR) is 215 cm³/mol. The third-order valence-electron chi connectivity index (χ3n) is 10.6. The van der Waals surface area contributed by atoms with E-state index in [0.29, 0.717) is 0 Å². The molecule has 8 aromatic carbocycles. The molecule has 51 heavy (non-hydrogen) atoms. The summed E-state index contributed by atoms with van der Waals surface area (Å²) in [6.45, 7) is 0. The van der Waals surface area contributed by atoms with Crippen LogP contribution in [0.2, 0.25) is 0 Å². The number of benzene rings is 8. The Kier molecular flexibility index (Phi) is 5.96. The highest BCUT2D eigenvalue weighted by atomic mass is 15.0. The molecule has 3 aromatic heterocycles. The van der Waals surface area contributed by atoms with Crippen molar-refractivity contribution < 1.29 is 0 Å². The molecule has 0 N–H and O–H groups in total. The third-order valence-corrected chi connectivity index (χ3v) is 10.6. The molecule has 0 bridgehead atoms. The van der Waals surface area contributed by atoms with Crippen LogP contribution in [0.25, 0.3) is 93.6 Å². The molecule has 3 heteroatoms. The van der Waals surface area contributed by atoms with Crippen molar-refractivity contribution in [1.82, 2.24) is 13.7 Å². The second kappa shape index (κ2) is 10.8. The maximum absolute atomic E-state index is 2.44. The SMILES string of the molecule is c1ccc(-n2c3ccccc3c3cc4c(cc32)c2ccc(-c3ccc(-n5c6ccccc6c6ccccc65)cc3)cc2n4-c2ccccc2)cc1. The molecule has 0 aliphatic heterocycles. The largest absolute Gasteiger partial charge is 0.309 e. The average Bonchev–Trinajstić information content (AvgIpc) is 3.83. The van der Waals surface area contributed by atoms with Crippen molar-refractivity contribution in [2.24, 2.45) is 0 Å². The van der Waals surface area contributed by atoms with E-state index in [-0.39, 0.29) is 0 Å². The lowest BCUT2D eigenvalue weighted by atomic mass is 10.0. The first kappa shape index (κ1) is 28.0. The van der Waals surface area contributed by atoms with Gasteiger partial charge in [0.25, 0.3) is 0 Å². The van der Waals surface area contributed by atoms with Crippen molar-refractivity contribution in [3.05, 3.63) is 188 Å². The molecule has 0 fully saturated rings. The Labute approximate surface area is 294 Å². The summed E-state index contributed by atoms with van der Waals surface area (Å²) in [5.41, 5.74) is 13.2. The van der Waals surface area contributed by atoms with Crippen LogP contribution in [0.4, 0.5) is 0 Å². The van der Waals surface area contributed by atoms with Gasteiger partial charge in [0.15, 0.2) is 0 Å². The van der Waals surface area contributed by atoms with Crippen molar-refractivity contribution in [3.8, 4) is 28.2 Å². The monoisotopic (exact) mass is 649 g/mol. The fourth-order valence-electron chi connectivity index (χ4n) is 8.37. The fourth-order valence-corrected chi connectivity index (χ4v) is 8.37. The van der Waals surface area contributed by atoms with Crippen LogP contribution in [0.15, 0.2) is 188 Å². The topological polar surface area (TPSA) is 14.8 Å². The van der Waals surface area contributed by atoms with Gasteiger partial charge in [-0.25, -0.2) is 0 Å². The third kappa shape index (κ3) is 4.12. The van der Waals surface area contributed by atoms with Crippen LogP contribution in [0.3, 0.4) is 0 Å². The zero-order chi connectivity index (χ0) is 33.5.